The summed E-state index contributed by atoms with van der Waals surface area (Å²) in [5.74, 6) is 1.60. The molecule has 2 nitrogen and oxygen atoms in total. The summed E-state index contributed by atoms with van der Waals surface area (Å²) >= 11 is 0. The SMILES string of the molecule is CCC(C)CNCC1CCC(O)CC1. The van der Waals surface area contributed by atoms with Gasteiger partial charge in [0.15, 0.2) is 0 Å². The molecule has 0 amide bonds. The van der Waals surface area contributed by atoms with Gasteiger partial charge in [-0.15, -0.1) is 0 Å². The van der Waals surface area contributed by atoms with E-state index in [9.17, 15) is 5.11 Å². The summed E-state index contributed by atoms with van der Waals surface area (Å²) in [5.41, 5.74) is 0. The van der Waals surface area contributed by atoms with Crippen LogP contribution in [0.4, 0.5) is 0 Å². The van der Waals surface area contributed by atoms with Crippen LogP contribution in [-0.4, -0.2) is 24.3 Å². The predicted molar refractivity (Wildman–Crippen MR) is 60.3 cm³/mol. The van der Waals surface area contributed by atoms with Crippen LogP contribution < -0.4 is 5.32 Å². The Morgan fingerprint density at radius 1 is 1.29 bits per heavy atom. The number of nitrogens with one attached hydrogen (secondary N) is 1. The van der Waals surface area contributed by atoms with E-state index in [0.29, 0.717) is 0 Å². The molecule has 0 aromatic heterocycles. The fourth-order valence-corrected chi connectivity index (χ4v) is 2.03. The Hall–Kier alpha value is -0.0800. The van der Waals surface area contributed by atoms with Gasteiger partial charge in [0.25, 0.3) is 0 Å². The lowest BCUT2D eigenvalue weighted by Crippen LogP contribution is -2.30. The van der Waals surface area contributed by atoms with E-state index in [2.05, 4.69) is 19.2 Å². The van der Waals surface area contributed by atoms with Gasteiger partial charge in [0.05, 0.1) is 6.10 Å². The van der Waals surface area contributed by atoms with Crippen molar-refractivity contribution >= 4 is 0 Å². The molecule has 84 valence electrons. The normalized spacial score (nSPS) is 30.2. The van der Waals surface area contributed by atoms with Gasteiger partial charge in [0, 0.05) is 0 Å². The summed E-state index contributed by atoms with van der Waals surface area (Å²) in [7, 11) is 0. The molecule has 2 N–H and O–H groups in total. The summed E-state index contributed by atoms with van der Waals surface area (Å²) in [6.07, 6.45) is 5.67. The molecule has 0 bridgehead atoms. The van der Waals surface area contributed by atoms with E-state index in [-0.39, 0.29) is 6.10 Å². The molecule has 0 aromatic carbocycles. The second-order valence-corrected chi connectivity index (χ2v) is 4.85. The molecule has 14 heavy (non-hydrogen) atoms. The van der Waals surface area contributed by atoms with E-state index in [1.807, 2.05) is 0 Å². The Labute approximate surface area is 88.1 Å². The van der Waals surface area contributed by atoms with Crippen LogP contribution in [0.1, 0.15) is 46.0 Å². The molecule has 0 aliphatic heterocycles. The molecule has 0 saturated heterocycles. The van der Waals surface area contributed by atoms with Gasteiger partial charge >= 0.3 is 0 Å². The molecule has 0 radical (unpaired) electrons. The van der Waals surface area contributed by atoms with Crippen LogP contribution in [0.5, 0.6) is 0 Å². The van der Waals surface area contributed by atoms with Crippen LogP contribution >= 0.6 is 0 Å². The number of rotatable bonds is 5. The van der Waals surface area contributed by atoms with Gasteiger partial charge in [-0.25, -0.2) is 0 Å². The Bertz CT molecular complexity index is 141. The minimum atomic E-state index is -0.0131. The molecule has 2 heteroatoms. The van der Waals surface area contributed by atoms with E-state index in [0.717, 1.165) is 37.8 Å². The van der Waals surface area contributed by atoms with E-state index in [1.54, 1.807) is 0 Å². The highest BCUT2D eigenvalue weighted by Gasteiger charge is 2.18. The van der Waals surface area contributed by atoms with Crippen LogP contribution in [0.25, 0.3) is 0 Å². The molecule has 0 aromatic rings. The van der Waals surface area contributed by atoms with Crippen molar-refractivity contribution in [3.05, 3.63) is 0 Å². The van der Waals surface area contributed by atoms with Crippen LogP contribution in [0.2, 0.25) is 0 Å². The minimum Gasteiger partial charge on any atom is -0.393 e. The fraction of sp³-hybridized carbons (Fsp3) is 1.00. The molecule has 0 spiro atoms. The maximum absolute atomic E-state index is 9.36. The largest absolute Gasteiger partial charge is 0.393 e. The van der Waals surface area contributed by atoms with Crippen molar-refractivity contribution in [3.8, 4) is 0 Å². The summed E-state index contributed by atoms with van der Waals surface area (Å²) in [6.45, 7) is 6.83. The first-order chi connectivity index (χ1) is 6.72. The first-order valence-electron chi connectivity index (χ1n) is 6.11. The molecular weight excluding hydrogens is 174 g/mol. The van der Waals surface area contributed by atoms with Gasteiger partial charge in [-0.1, -0.05) is 20.3 Å². The Morgan fingerprint density at radius 3 is 2.50 bits per heavy atom. The smallest absolute Gasteiger partial charge is 0.0540 e. The van der Waals surface area contributed by atoms with E-state index in [1.165, 1.54) is 19.3 Å². The average molecular weight is 199 g/mol. The van der Waals surface area contributed by atoms with E-state index < -0.39 is 0 Å². The maximum atomic E-state index is 9.36. The van der Waals surface area contributed by atoms with Gasteiger partial charge in [-0.3, -0.25) is 0 Å². The Balaban J connectivity index is 2.02. The first kappa shape index (κ1) is 12.0. The fourth-order valence-electron chi connectivity index (χ4n) is 2.03. The molecule has 1 aliphatic carbocycles. The van der Waals surface area contributed by atoms with Crippen LogP contribution in [0.3, 0.4) is 0 Å². The van der Waals surface area contributed by atoms with Crippen LogP contribution in [0.15, 0.2) is 0 Å². The highest BCUT2D eigenvalue weighted by atomic mass is 16.3. The zero-order valence-electron chi connectivity index (χ0n) is 9.63. The quantitative estimate of drug-likeness (QED) is 0.711. The average Bonchev–Trinajstić information content (AvgIpc) is 2.21. The summed E-state index contributed by atoms with van der Waals surface area (Å²) in [6, 6.07) is 0. The van der Waals surface area contributed by atoms with Crippen LogP contribution in [-0.2, 0) is 0 Å². The van der Waals surface area contributed by atoms with E-state index in [4.69, 9.17) is 0 Å². The molecule has 1 fully saturated rings. The summed E-state index contributed by atoms with van der Waals surface area (Å²) in [4.78, 5) is 0. The van der Waals surface area contributed by atoms with Gasteiger partial charge in [0.1, 0.15) is 0 Å². The van der Waals surface area contributed by atoms with Crippen molar-refractivity contribution in [1.82, 2.24) is 5.32 Å². The standard InChI is InChI=1S/C12H25NO/c1-3-10(2)8-13-9-11-4-6-12(14)7-5-11/h10-14H,3-9H2,1-2H3. The third kappa shape index (κ3) is 4.43. The highest BCUT2D eigenvalue weighted by Crippen LogP contribution is 2.23. The predicted octanol–water partition coefficient (Wildman–Crippen LogP) is 2.17. The lowest BCUT2D eigenvalue weighted by Gasteiger charge is -2.26. The zero-order valence-corrected chi connectivity index (χ0v) is 9.63. The van der Waals surface area contributed by atoms with Crippen molar-refractivity contribution in [2.75, 3.05) is 13.1 Å². The first-order valence-corrected chi connectivity index (χ1v) is 6.11. The number of aliphatic hydroxyl groups is 1. The second-order valence-electron chi connectivity index (χ2n) is 4.85. The number of aliphatic hydroxyl groups excluding tert-OH is 1. The molecule has 1 atom stereocenters. The minimum absolute atomic E-state index is 0.0131. The lowest BCUT2D eigenvalue weighted by molar-refractivity contribution is 0.108. The summed E-state index contributed by atoms with van der Waals surface area (Å²) < 4.78 is 0. The molecule has 0 heterocycles. The van der Waals surface area contributed by atoms with Crippen molar-refractivity contribution < 1.29 is 5.11 Å². The topological polar surface area (TPSA) is 32.3 Å². The van der Waals surface area contributed by atoms with Crippen LogP contribution in [0, 0.1) is 11.8 Å². The number of hydrogen-bond donors (Lipinski definition) is 2. The van der Waals surface area contributed by atoms with Gasteiger partial charge in [-0.05, 0) is 50.6 Å². The maximum Gasteiger partial charge on any atom is 0.0540 e. The number of hydrogen-bond acceptors (Lipinski definition) is 2. The Kier molecular flexibility index (Phi) is 5.49. The monoisotopic (exact) mass is 199 g/mol. The van der Waals surface area contributed by atoms with Gasteiger partial charge in [-0.2, -0.15) is 0 Å². The molecule has 1 rings (SSSR count). The third-order valence-corrected chi connectivity index (χ3v) is 3.44. The van der Waals surface area contributed by atoms with E-state index >= 15 is 0 Å². The van der Waals surface area contributed by atoms with Crippen molar-refractivity contribution in [1.29, 1.82) is 0 Å². The van der Waals surface area contributed by atoms with Gasteiger partial charge in [0.2, 0.25) is 0 Å². The third-order valence-electron chi connectivity index (χ3n) is 3.44. The zero-order chi connectivity index (χ0) is 10.4. The highest BCUT2D eigenvalue weighted by molar-refractivity contribution is 4.73. The van der Waals surface area contributed by atoms with Gasteiger partial charge < -0.3 is 10.4 Å². The molecular formula is C12H25NO. The van der Waals surface area contributed by atoms with Crippen molar-refractivity contribution in [3.63, 3.8) is 0 Å². The second kappa shape index (κ2) is 6.41. The molecule has 1 saturated carbocycles. The Morgan fingerprint density at radius 2 is 1.93 bits per heavy atom. The van der Waals surface area contributed by atoms with Crippen molar-refractivity contribution in [2.45, 2.75) is 52.1 Å². The lowest BCUT2D eigenvalue weighted by atomic mass is 9.87. The van der Waals surface area contributed by atoms with Crippen molar-refractivity contribution in [2.24, 2.45) is 11.8 Å². The molecule has 1 aliphatic rings. The summed E-state index contributed by atoms with van der Waals surface area (Å²) in [5, 5.41) is 12.9. The molecule has 1 unspecified atom stereocenters.